The number of halogens is 1. The fourth-order valence-electron chi connectivity index (χ4n) is 1.67. The summed E-state index contributed by atoms with van der Waals surface area (Å²) in [6.07, 6.45) is 1.83. The summed E-state index contributed by atoms with van der Waals surface area (Å²) in [6, 6.07) is 0. The van der Waals surface area contributed by atoms with Crippen molar-refractivity contribution in [1.29, 1.82) is 0 Å². The lowest BCUT2D eigenvalue weighted by Crippen LogP contribution is -2.37. The van der Waals surface area contributed by atoms with Crippen LogP contribution >= 0.6 is 0 Å². The molecule has 1 aliphatic rings. The van der Waals surface area contributed by atoms with Crippen molar-refractivity contribution in [3.63, 3.8) is 0 Å². The predicted molar refractivity (Wildman–Crippen MR) is 43.6 cm³/mol. The fraction of sp³-hybridized carbons (Fsp3) is 0.889. The van der Waals surface area contributed by atoms with Gasteiger partial charge in [0.1, 0.15) is 0 Å². The quantitative estimate of drug-likeness (QED) is 0.688. The summed E-state index contributed by atoms with van der Waals surface area (Å²) in [7, 11) is 0. The van der Waals surface area contributed by atoms with E-state index in [1.807, 2.05) is 0 Å². The molecular formula is C9H15FO2. The summed E-state index contributed by atoms with van der Waals surface area (Å²) in [5, 5.41) is 8.79. The minimum atomic E-state index is -1.59. The van der Waals surface area contributed by atoms with Crippen molar-refractivity contribution < 1.29 is 14.3 Å². The van der Waals surface area contributed by atoms with Crippen molar-refractivity contribution in [2.75, 3.05) is 6.61 Å². The van der Waals surface area contributed by atoms with Gasteiger partial charge in [-0.05, 0) is 38.5 Å². The second-order valence-corrected chi connectivity index (χ2v) is 3.65. The first-order valence-electron chi connectivity index (χ1n) is 4.39. The Hall–Kier alpha value is -0.440. The Balaban J connectivity index is 2.49. The molecule has 1 aliphatic carbocycles. The lowest BCUT2D eigenvalue weighted by molar-refractivity contribution is -0.131. The zero-order chi connectivity index (χ0) is 9.19. The maximum Gasteiger partial charge on any atom is 0.168 e. The number of ketones is 1. The van der Waals surface area contributed by atoms with Crippen LogP contribution in [-0.2, 0) is 4.79 Å². The predicted octanol–water partition coefficient (Wildman–Crippen LogP) is 1.47. The molecule has 0 saturated heterocycles. The third-order valence-electron chi connectivity index (χ3n) is 2.79. The van der Waals surface area contributed by atoms with Gasteiger partial charge in [0.25, 0.3) is 0 Å². The van der Waals surface area contributed by atoms with E-state index in [1.165, 1.54) is 6.92 Å². The number of alkyl halides is 1. The zero-order valence-corrected chi connectivity index (χ0v) is 7.35. The number of carbonyl (C=O) groups is 1. The van der Waals surface area contributed by atoms with Gasteiger partial charge in [0.15, 0.2) is 11.5 Å². The Morgan fingerprint density at radius 2 is 2.08 bits per heavy atom. The van der Waals surface area contributed by atoms with E-state index in [2.05, 4.69) is 0 Å². The zero-order valence-electron chi connectivity index (χ0n) is 7.35. The Bertz CT molecular complexity index is 171. The number of aliphatic hydroxyl groups is 1. The number of hydrogen-bond donors (Lipinski definition) is 1. The molecule has 1 rings (SSSR count). The maximum absolute atomic E-state index is 13.6. The van der Waals surface area contributed by atoms with Gasteiger partial charge >= 0.3 is 0 Å². The molecule has 0 heterocycles. The molecule has 0 unspecified atom stereocenters. The average molecular weight is 174 g/mol. The summed E-state index contributed by atoms with van der Waals surface area (Å²) in [6.45, 7) is 1.42. The lowest BCUT2D eigenvalue weighted by atomic mass is 9.78. The Morgan fingerprint density at radius 3 is 2.42 bits per heavy atom. The average Bonchev–Trinajstić information content (AvgIpc) is 2.06. The number of aliphatic hydroxyl groups excluding tert-OH is 1. The van der Waals surface area contributed by atoms with Crippen molar-refractivity contribution >= 4 is 5.78 Å². The van der Waals surface area contributed by atoms with E-state index in [0.717, 1.165) is 0 Å². The molecule has 0 bridgehead atoms. The second-order valence-electron chi connectivity index (χ2n) is 3.65. The van der Waals surface area contributed by atoms with E-state index in [4.69, 9.17) is 5.11 Å². The first-order chi connectivity index (χ1) is 5.58. The molecule has 0 radical (unpaired) electrons. The molecule has 0 aromatic heterocycles. The van der Waals surface area contributed by atoms with Crippen molar-refractivity contribution in [2.24, 2.45) is 5.92 Å². The third-order valence-corrected chi connectivity index (χ3v) is 2.79. The molecule has 2 nitrogen and oxygen atoms in total. The molecule has 0 atom stereocenters. The summed E-state index contributed by atoms with van der Waals surface area (Å²) in [4.78, 5) is 10.9. The van der Waals surface area contributed by atoms with Crippen LogP contribution < -0.4 is 0 Å². The Kier molecular flexibility index (Phi) is 2.83. The molecule has 0 spiro atoms. The van der Waals surface area contributed by atoms with Gasteiger partial charge in [0.05, 0.1) is 0 Å². The maximum atomic E-state index is 13.6. The highest BCUT2D eigenvalue weighted by atomic mass is 19.1. The van der Waals surface area contributed by atoms with Crippen LogP contribution in [0.3, 0.4) is 0 Å². The summed E-state index contributed by atoms with van der Waals surface area (Å²) in [5.41, 5.74) is -1.59. The van der Waals surface area contributed by atoms with E-state index in [1.54, 1.807) is 0 Å². The monoisotopic (exact) mass is 174 g/mol. The van der Waals surface area contributed by atoms with Gasteiger partial charge in [-0.2, -0.15) is 0 Å². The van der Waals surface area contributed by atoms with Gasteiger partial charge in [-0.1, -0.05) is 0 Å². The third kappa shape index (κ3) is 1.83. The van der Waals surface area contributed by atoms with Crippen LogP contribution in [0.2, 0.25) is 0 Å². The highest BCUT2D eigenvalue weighted by Gasteiger charge is 2.39. The fourth-order valence-corrected chi connectivity index (χ4v) is 1.67. The summed E-state index contributed by atoms with van der Waals surface area (Å²) >= 11 is 0. The first kappa shape index (κ1) is 9.65. The summed E-state index contributed by atoms with van der Waals surface area (Å²) < 4.78 is 13.6. The van der Waals surface area contributed by atoms with Gasteiger partial charge < -0.3 is 5.11 Å². The van der Waals surface area contributed by atoms with Gasteiger partial charge in [-0.25, -0.2) is 4.39 Å². The van der Waals surface area contributed by atoms with Crippen molar-refractivity contribution in [2.45, 2.75) is 38.3 Å². The van der Waals surface area contributed by atoms with Crippen LogP contribution in [0.1, 0.15) is 32.6 Å². The lowest BCUT2D eigenvalue weighted by Gasteiger charge is -2.30. The molecule has 70 valence electrons. The standard InChI is InChI=1S/C9H15FO2/c1-7(12)9(10)4-2-8(6-11)3-5-9/h8,11H,2-6H2,1H3. The van der Waals surface area contributed by atoms with Crippen molar-refractivity contribution in [3.05, 3.63) is 0 Å². The van der Waals surface area contributed by atoms with Crippen molar-refractivity contribution in [1.82, 2.24) is 0 Å². The smallest absolute Gasteiger partial charge is 0.168 e. The topological polar surface area (TPSA) is 37.3 Å². The second kappa shape index (κ2) is 3.52. The van der Waals surface area contributed by atoms with E-state index in [-0.39, 0.29) is 31.1 Å². The van der Waals surface area contributed by atoms with Crippen LogP contribution in [-0.4, -0.2) is 23.2 Å². The Labute approximate surface area is 71.8 Å². The van der Waals surface area contributed by atoms with Crippen LogP contribution in [0.4, 0.5) is 4.39 Å². The van der Waals surface area contributed by atoms with Crippen LogP contribution in [0.5, 0.6) is 0 Å². The molecule has 0 aromatic rings. The Morgan fingerprint density at radius 1 is 1.58 bits per heavy atom. The van der Waals surface area contributed by atoms with Gasteiger partial charge in [-0.15, -0.1) is 0 Å². The summed E-state index contributed by atoms with van der Waals surface area (Å²) in [5.74, 6) is -0.160. The first-order valence-corrected chi connectivity index (χ1v) is 4.39. The van der Waals surface area contributed by atoms with E-state index in [0.29, 0.717) is 12.8 Å². The van der Waals surface area contributed by atoms with Gasteiger partial charge in [0, 0.05) is 6.61 Å². The van der Waals surface area contributed by atoms with Gasteiger partial charge in [0.2, 0.25) is 0 Å². The minimum Gasteiger partial charge on any atom is -0.396 e. The molecule has 0 amide bonds. The molecule has 1 fully saturated rings. The largest absolute Gasteiger partial charge is 0.396 e. The number of carbonyl (C=O) groups excluding carboxylic acids is 1. The molecule has 0 aromatic carbocycles. The molecule has 0 aliphatic heterocycles. The SMILES string of the molecule is CC(=O)C1(F)CCC(CO)CC1. The molecule has 1 N–H and O–H groups in total. The molecule has 1 saturated carbocycles. The number of rotatable bonds is 2. The van der Waals surface area contributed by atoms with Crippen LogP contribution in [0.25, 0.3) is 0 Å². The van der Waals surface area contributed by atoms with Crippen molar-refractivity contribution in [3.8, 4) is 0 Å². The number of Topliss-reactive ketones (excluding diaryl/α,β-unsaturated/α-hetero) is 1. The minimum absolute atomic E-state index is 0.119. The van der Waals surface area contributed by atoms with Gasteiger partial charge in [-0.3, -0.25) is 4.79 Å². The normalized spacial score (nSPS) is 36.4. The van der Waals surface area contributed by atoms with E-state index >= 15 is 0 Å². The highest BCUT2D eigenvalue weighted by Crippen LogP contribution is 2.35. The van der Waals surface area contributed by atoms with Crippen LogP contribution in [0, 0.1) is 5.92 Å². The van der Waals surface area contributed by atoms with E-state index < -0.39 is 5.67 Å². The number of hydrogen-bond acceptors (Lipinski definition) is 2. The molecule has 3 heteroatoms. The molecule has 12 heavy (non-hydrogen) atoms. The van der Waals surface area contributed by atoms with Crippen LogP contribution in [0.15, 0.2) is 0 Å². The van der Waals surface area contributed by atoms with E-state index in [9.17, 15) is 9.18 Å². The molecular weight excluding hydrogens is 159 g/mol. The highest BCUT2D eigenvalue weighted by molar-refractivity contribution is 5.84.